The Kier molecular flexibility index (Phi) is 4.92. The van der Waals surface area contributed by atoms with Gasteiger partial charge >= 0.3 is 5.97 Å². The van der Waals surface area contributed by atoms with Gasteiger partial charge in [0.2, 0.25) is 0 Å². The highest BCUT2D eigenvalue weighted by Crippen LogP contribution is 2.60. The van der Waals surface area contributed by atoms with Crippen molar-refractivity contribution in [3.63, 3.8) is 0 Å². The largest absolute Gasteiger partial charge is 0.465 e. The van der Waals surface area contributed by atoms with Gasteiger partial charge in [0.15, 0.2) is 5.78 Å². The van der Waals surface area contributed by atoms with Gasteiger partial charge in [-0.3, -0.25) is 14.4 Å². The van der Waals surface area contributed by atoms with Gasteiger partial charge in [-0.15, -0.1) is 0 Å². The van der Waals surface area contributed by atoms with Crippen molar-refractivity contribution < 1.29 is 19.1 Å². The molecule has 0 radical (unpaired) electrons. The minimum atomic E-state index is -1.02. The fourth-order valence-corrected chi connectivity index (χ4v) is 6.18. The highest BCUT2D eigenvalue weighted by Gasteiger charge is 2.54. The molecule has 0 spiro atoms. The maximum atomic E-state index is 13.4. The van der Waals surface area contributed by atoms with Crippen LogP contribution in [0, 0.1) is 29.1 Å². The molecule has 1 atom stereocenters. The summed E-state index contributed by atoms with van der Waals surface area (Å²) in [5.74, 6) is 0.205. The molecule has 4 saturated carbocycles. The molecule has 1 unspecified atom stereocenters. The molecule has 1 aromatic carbocycles. The van der Waals surface area contributed by atoms with E-state index in [0.29, 0.717) is 23.3 Å². The van der Waals surface area contributed by atoms with Crippen LogP contribution >= 0.6 is 0 Å². The molecule has 4 heteroatoms. The highest BCUT2D eigenvalue weighted by atomic mass is 16.5. The SMILES string of the molecule is CCOC(=O)C(CC(=O)C12CC3CC(CC(C3)C1)C2)C(=O)c1ccccc1. The molecular formula is C23H28O4. The number of hydrogen-bond donors (Lipinski definition) is 0. The van der Waals surface area contributed by atoms with E-state index in [1.165, 1.54) is 19.3 Å². The van der Waals surface area contributed by atoms with Crippen molar-refractivity contribution in [1.29, 1.82) is 0 Å². The standard InChI is InChI=1S/C23H28O4/c1-2-27-22(26)19(21(25)18-6-4-3-5-7-18)11-20(24)23-12-15-8-16(13-23)10-17(9-15)14-23/h3-7,15-17,19H,2,8-14H2,1H3. The molecule has 4 aliphatic carbocycles. The zero-order valence-electron chi connectivity index (χ0n) is 16.0. The monoisotopic (exact) mass is 368 g/mol. The molecule has 0 aliphatic heterocycles. The van der Waals surface area contributed by atoms with Crippen molar-refractivity contribution >= 4 is 17.5 Å². The van der Waals surface area contributed by atoms with Crippen LogP contribution in [0.1, 0.15) is 62.2 Å². The zero-order chi connectivity index (χ0) is 19.0. The number of ether oxygens (including phenoxy) is 1. The van der Waals surface area contributed by atoms with Gasteiger partial charge in [-0.05, 0) is 63.2 Å². The molecule has 4 fully saturated rings. The third kappa shape index (κ3) is 3.46. The van der Waals surface area contributed by atoms with Crippen molar-refractivity contribution in [1.82, 2.24) is 0 Å². The van der Waals surface area contributed by atoms with Gasteiger partial charge in [-0.1, -0.05) is 30.3 Å². The van der Waals surface area contributed by atoms with Gasteiger partial charge in [-0.25, -0.2) is 0 Å². The predicted molar refractivity (Wildman–Crippen MR) is 101 cm³/mol. The Morgan fingerprint density at radius 3 is 2.07 bits per heavy atom. The summed E-state index contributed by atoms with van der Waals surface area (Å²) in [4.78, 5) is 38.9. The van der Waals surface area contributed by atoms with E-state index in [9.17, 15) is 14.4 Å². The zero-order valence-corrected chi connectivity index (χ0v) is 16.0. The fourth-order valence-electron chi connectivity index (χ4n) is 6.18. The Hall–Kier alpha value is -1.97. The molecule has 4 bridgehead atoms. The molecule has 0 N–H and O–H groups in total. The molecule has 0 aromatic heterocycles. The predicted octanol–water partition coefficient (Wildman–Crippen LogP) is 4.22. The molecule has 5 rings (SSSR count). The van der Waals surface area contributed by atoms with Crippen LogP contribution in [0.3, 0.4) is 0 Å². The van der Waals surface area contributed by atoms with E-state index in [1.54, 1.807) is 31.2 Å². The highest BCUT2D eigenvalue weighted by molar-refractivity contribution is 6.11. The van der Waals surface area contributed by atoms with Crippen LogP contribution in [0.5, 0.6) is 0 Å². The first-order valence-electron chi connectivity index (χ1n) is 10.3. The van der Waals surface area contributed by atoms with Gasteiger partial charge in [0.25, 0.3) is 0 Å². The topological polar surface area (TPSA) is 60.4 Å². The Bertz CT molecular complexity index is 701. The van der Waals surface area contributed by atoms with Crippen LogP contribution in [-0.2, 0) is 14.3 Å². The van der Waals surface area contributed by atoms with E-state index in [2.05, 4.69) is 0 Å². The molecule has 0 saturated heterocycles. The number of rotatable bonds is 7. The molecule has 0 amide bonds. The van der Waals surface area contributed by atoms with Crippen molar-refractivity contribution in [2.75, 3.05) is 6.61 Å². The number of carbonyl (C=O) groups is 3. The summed E-state index contributed by atoms with van der Waals surface area (Å²) in [5, 5.41) is 0. The summed E-state index contributed by atoms with van der Waals surface area (Å²) in [6.07, 6.45) is 6.62. The summed E-state index contributed by atoms with van der Waals surface area (Å²) < 4.78 is 5.15. The Labute approximate surface area is 160 Å². The Morgan fingerprint density at radius 1 is 1.00 bits per heavy atom. The second kappa shape index (κ2) is 7.21. The van der Waals surface area contributed by atoms with Crippen LogP contribution in [0.2, 0.25) is 0 Å². The third-order valence-electron chi connectivity index (χ3n) is 6.97. The lowest BCUT2D eigenvalue weighted by molar-refractivity contribution is -0.152. The molecule has 27 heavy (non-hydrogen) atoms. The lowest BCUT2D eigenvalue weighted by Gasteiger charge is -2.56. The lowest BCUT2D eigenvalue weighted by atomic mass is 9.48. The quantitative estimate of drug-likeness (QED) is 0.411. The Balaban J connectivity index is 1.55. The van der Waals surface area contributed by atoms with Crippen molar-refractivity contribution in [2.24, 2.45) is 29.1 Å². The number of ketones is 2. The number of esters is 1. The second-order valence-electron chi connectivity index (χ2n) is 8.86. The fraction of sp³-hybridized carbons (Fsp3) is 0.609. The summed E-state index contributed by atoms with van der Waals surface area (Å²) in [6, 6.07) is 8.77. The van der Waals surface area contributed by atoms with Crippen molar-refractivity contribution in [3.05, 3.63) is 35.9 Å². The summed E-state index contributed by atoms with van der Waals surface area (Å²) in [5.41, 5.74) is 0.171. The van der Waals surface area contributed by atoms with E-state index < -0.39 is 11.9 Å². The molecule has 1 aromatic rings. The molecular weight excluding hydrogens is 340 g/mol. The van der Waals surface area contributed by atoms with Gasteiger partial charge in [-0.2, -0.15) is 0 Å². The van der Waals surface area contributed by atoms with Crippen LogP contribution in [0.4, 0.5) is 0 Å². The smallest absolute Gasteiger partial charge is 0.317 e. The van der Waals surface area contributed by atoms with Crippen LogP contribution in [0.25, 0.3) is 0 Å². The van der Waals surface area contributed by atoms with Crippen molar-refractivity contribution in [2.45, 2.75) is 51.9 Å². The third-order valence-corrected chi connectivity index (χ3v) is 6.97. The van der Waals surface area contributed by atoms with Gasteiger partial charge < -0.3 is 4.74 Å². The number of hydrogen-bond acceptors (Lipinski definition) is 4. The Morgan fingerprint density at radius 2 is 1.56 bits per heavy atom. The molecule has 144 valence electrons. The van der Waals surface area contributed by atoms with E-state index in [0.717, 1.165) is 19.3 Å². The lowest BCUT2D eigenvalue weighted by Crippen LogP contribution is -2.50. The second-order valence-corrected chi connectivity index (χ2v) is 8.86. The van der Waals surface area contributed by atoms with Crippen LogP contribution < -0.4 is 0 Å². The van der Waals surface area contributed by atoms with Gasteiger partial charge in [0.1, 0.15) is 11.7 Å². The average Bonchev–Trinajstić information content (AvgIpc) is 2.65. The average molecular weight is 368 g/mol. The van der Waals surface area contributed by atoms with Crippen LogP contribution in [0.15, 0.2) is 30.3 Å². The molecule has 0 heterocycles. The first-order chi connectivity index (χ1) is 13.0. The normalized spacial score (nSPS) is 32.1. The summed E-state index contributed by atoms with van der Waals surface area (Å²) >= 11 is 0. The van der Waals surface area contributed by atoms with E-state index in [1.807, 2.05) is 6.07 Å². The van der Waals surface area contributed by atoms with Crippen LogP contribution in [-0.4, -0.2) is 24.1 Å². The van der Waals surface area contributed by atoms with E-state index in [4.69, 9.17) is 4.74 Å². The molecule has 4 aliphatic rings. The minimum Gasteiger partial charge on any atom is -0.465 e. The first kappa shape index (κ1) is 18.4. The summed E-state index contributed by atoms with van der Waals surface area (Å²) in [7, 11) is 0. The maximum Gasteiger partial charge on any atom is 0.317 e. The first-order valence-corrected chi connectivity index (χ1v) is 10.3. The number of carbonyl (C=O) groups excluding carboxylic acids is 3. The molecule has 4 nitrogen and oxygen atoms in total. The number of benzene rings is 1. The number of Topliss-reactive ketones (excluding diaryl/α,β-unsaturated/α-hetero) is 2. The van der Waals surface area contributed by atoms with E-state index >= 15 is 0 Å². The van der Waals surface area contributed by atoms with Gasteiger partial charge in [0.05, 0.1) is 6.61 Å². The minimum absolute atomic E-state index is 0.0152. The van der Waals surface area contributed by atoms with E-state index in [-0.39, 0.29) is 30.0 Å². The van der Waals surface area contributed by atoms with Gasteiger partial charge in [0, 0.05) is 17.4 Å². The maximum absolute atomic E-state index is 13.4. The summed E-state index contributed by atoms with van der Waals surface area (Å²) in [6.45, 7) is 1.94. The van der Waals surface area contributed by atoms with Crippen molar-refractivity contribution in [3.8, 4) is 0 Å².